The van der Waals surface area contributed by atoms with Gasteiger partial charge in [0.1, 0.15) is 5.82 Å². The van der Waals surface area contributed by atoms with E-state index in [-0.39, 0.29) is 0 Å². The average molecular weight is 294 g/mol. The lowest BCUT2D eigenvalue weighted by molar-refractivity contribution is 0.722. The first-order valence-electron chi connectivity index (χ1n) is 5.56. The number of hydrogen-bond acceptors (Lipinski definition) is 2. The molecule has 4 heteroatoms. The SMILES string of the molecule is CNCc1c(-c2ccc(Br)cc2)nc(C)n1C. The molecule has 0 radical (unpaired) electrons. The van der Waals surface area contributed by atoms with E-state index in [4.69, 9.17) is 0 Å². The second-order valence-corrected chi connectivity index (χ2v) is 4.97. The fourth-order valence-corrected chi connectivity index (χ4v) is 2.13. The number of nitrogens with zero attached hydrogens (tertiary/aromatic N) is 2. The number of aromatic nitrogens is 2. The maximum absolute atomic E-state index is 4.64. The summed E-state index contributed by atoms with van der Waals surface area (Å²) >= 11 is 3.45. The highest BCUT2D eigenvalue weighted by atomic mass is 79.9. The average Bonchev–Trinajstić information content (AvgIpc) is 2.59. The first-order chi connectivity index (χ1) is 8.13. The van der Waals surface area contributed by atoms with Gasteiger partial charge in [-0.15, -0.1) is 0 Å². The largest absolute Gasteiger partial charge is 0.334 e. The summed E-state index contributed by atoms with van der Waals surface area (Å²) in [5.41, 5.74) is 3.43. The van der Waals surface area contributed by atoms with E-state index in [2.05, 4.69) is 50.0 Å². The molecule has 0 spiro atoms. The summed E-state index contributed by atoms with van der Waals surface area (Å²) in [6, 6.07) is 8.26. The van der Waals surface area contributed by atoms with Gasteiger partial charge in [-0.3, -0.25) is 0 Å². The molecular weight excluding hydrogens is 278 g/mol. The Hall–Kier alpha value is -1.13. The molecule has 0 aliphatic rings. The molecule has 0 aliphatic heterocycles. The molecule has 0 saturated carbocycles. The predicted molar refractivity (Wildman–Crippen MR) is 73.8 cm³/mol. The van der Waals surface area contributed by atoms with Crippen molar-refractivity contribution in [1.29, 1.82) is 0 Å². The quantitative estimate of drug-likeness (QED) is 0.943. The molecule has 0 aliphatic carbocycles. The van der Waals surface area contributed by atoms with E-state index in [0.29, 0.717) is 0 Å². The first kappa shape index (κ1) is 12.3. The minimum atomic E-state index is 0.822. The fraction of sp³-hybridized carbons (Fsp3) is 0.308. The van der Waals surface area contributed by atoms with Crippen LogP contribution in [0.1, 0.15) is 11.5 Å². The highest BCUT2D eigenvalue weighted by Gasteiger charge is 2.12. The molecule has 1 heterocycles. The zero-order valence-electron chi connectivity index (χ0n) is 10.3. The van der Waals surface area contributed by atoms with E-state index in [1.165, 1.54) is 5.69 Å². The third-order valence-electron chi connectivity index (χ3n) is 2.90. The van der Waals surface area contributed by atoms with Gasteiger partial charge in [-0.25, -0.2) is 4.98 Å². The lowest BCUT2D eigenvalue weighted by Gasteiger charge is -2.06. The topological polar surface area (TPSA) is 29.9 Å². The van der Waals surface area contributed by atoms with Crippen molar-refractivity contribution in [2.45, 2.75) is 13.5 Å². The molecule has 17 heavy (non-hydrogen) atoms. The normalized spacial score (nSPS) is 10.8. The van der Waals surface area contributed by atoms with Gasteiger partial charge >= 0.3 is 0 Å². The van der Waals surface area contributed by atoms with E-state index in [1.54, 1.807) is 0 Å². The smallest absolute Gasteiger partial charge is 0.106 e. The third-order valence-corrected chi connectivity index (χ3v) is 3.43. The van der Waals surface area contributed by atoms with Crippen molar-refractivity contribution < 1.29 is 0 Å². The van der Waals surface area contributed by atoms with Crippen molar-refractivity contribution in [1.82, 2.24) is 14.9 Å². The van der Waals surface area contributed by atoms with Crippen LogP contribution in [0.15, 0.2) is 28.7 Å². The van der Waals surface area contributed by atoms with Gasteiger partial charge in [0.05, 0.1) is 11.4 Å². The molecule has 0 bridgehead atoms. The summed E-state index contributed by atoms with van der Waals surface area (Å²) in [4.78, 5) is 4.64. The first-order valence-corrected chi connectivity index (χ1v) is 6.35. The van der Waals surface area contributed by atoms with Crippen LogP contribution >= 0.6 is 15.9 Å². The number of benzene rings is 1. The molecule has 0 fully saturated rings. The maximum atomic E-state index is 4.64. The van der Waals surface area contributed by atoms with Crippen molar-refractivity contribution in [3.63, 3.8) is 0 Å². The Bertz CT molecular complexity index is 514. The standard InChI is InChI=1S/C13H16BrN3/c1-9-16-13(12(8-15-2)17(9)3)10-4-6-11(14)7-5-10/h4-7,15H,8H2,1-3H3. The van der Waals surface area contributed by atoms with Gasteiger partial charge in [-0.05, 0) is 26.1 Å². The molecule has 90 valence electrons. The zero-order valence-corrected chi connectivity index (χ0v) is 11.9. The van der Waals surface area contributed by atoms with Gasteiger partial charge in [0.15, 0.2) is 0 Å². The van der Waals surface area contributed by atoms with Crippen LogP contribution < -0.4 is 5.32 Å². The van der Waals surface area contributed by atoms with Crippen molar-refractivity contribution in [2.75, 3.05) is 7.05 Å². The molecule has 1 aromatic carbocycles. The number of aryl methyl sites for hydroxylation is 1. The molecule has 0 saturated heterocycles. The number of nitrogens with one attached hydrogen (secondary N) is 1. The van der Waals surface area contributed by atoms with Crippen LogP contribution in [0.4, 0.5) is 0 Å². The van der Waals surface area contributed by atoms with Crippen molar-refractivity contribution in [3.05, 3.63) is 40.3 Å². The van der Waals surface area contributed by atoms with Gasteiger partial charge in [0.25, 0.3) is 0 Å². The molecule has 0 unspecified atom stereocenters. The lowest BCUT2D eigenvalue weighted by Crippen LogP contribution is -2.10. The van der Waals surface area contributed by atoms with E-state index >= 15 is 0 Å². The number of halogens is 1. The molecule has 1 N–H and O–H groups in total. The number of hydrogen-bond donors (Lipinski definition) is 1. The second-order valence-electron chi connectivity index (χ2n) is 4.05. The lowest BCUT2D eigenvalue weighted by atomic mass is 10.1. The summed E-state index contributed by atoms with van der Waals surface area (Å²) < 4.78 is 3.22. The Kier molecular flexibility index (Phi) is 3.64. The maximum Gasteiger partial charge on any atom is 0.106 e. The third kappa shape index (κ3) is 2.42. The summed E-state index contributed by atoms with van der Waals surface area (Å²) in [5, 5.41) is 3.19. The molecule has 2 rings (SSSR count). The molecule has 0 atom stereocenters. The van der Waals surface area contributed by atoms with E-state index in [0.717, 1.165) is 28.1 Å². The van der Waals surface area contributed by atoms with Crippen LogP contribution in [0, 0.1) is 6.92 Å². The summed E-state index contributed by atoms with van der Waals surface area (Å²) in [7, 11) is 4.01. The molecule has 2 aromatic rings. The van der Waals surface area contributed by atoms with Crippen LogP contribution in [-0.2, 0) is 13.6 Å². The van der Waals surface area contributed by atoms with E-state index in [1.807, 2.05) is 26.1 Å². The van der Waals surface area contributed by atoms with Gasteiger partial charge in [0, 0.05) is 23.6 Å². The minimum absolute atomic E-state index is 0.822. The van der Waals surface area contributed by atoms with Crippen molar-refractivity contribution in [3.8, 4) is 11.3 Å². The van der Waals surface area contributed by atoms with Gasteiger partial charge in [-0.1, -0.05) is 28.1 Å². The van der Waals surface area contributed by atoms with E-state index < -0.39 is 0 Å². The van der Waals surface area contributed by atoms with Crippen LogP contribution in [0.5, 0.6) is 0 Å². The Labute approximate surface area is 110 Å². The zero-order chi connectivity index (χ0) is 12.4. The fourth-order valence-electron chi connectivity index (χ4n) is 1.86. The summed E-state index contributed by atoms with van der Waals surface area (Å²) in [6.45, 7) is 2.85. The second kappa shape index (κ2) is 5.02. The highest BCUT2D eigenvalue weighted by Crippen LogP contribution is 2.25. The number of imidazole rings is 1. The van der Waals surface area contributed by atoms with Crippen molar-refractivity contribution in [2.24, 2.45) is 7.05 Å². The van der Waals surface area contributed by atoms with Crippen LogP contribution in [0.2, 0.25) is 0 Å². The van der Waals surface area contributed by atoms with E-state index in [9.17, 15) is 0 Å². The van der Waals surface area contributed by atoms with Gasteiger partial charge in [-0.2, -0.15) is 0 Å². The molecule has 0 amide bonds. The van der Waals surface area contributed by atoms with Crippen LogP contribution in [0.3, 0.4) is 0 Å². The monoisotopic (exact) mass is 293 g/mol. The Morgan fingerprint density at radius 2 is 1.94 bits per heavy atom. The summed E-state index contributed by atoms with van der Waals surface area (Å²) in [5.74, 6) is 1.04. The highest BCUT2D eigenvalue weighted by molar-refractivity contribution is 9.10. The predicted octanol–water partition coefficient (Wildman–Crippen LogP) is 2.88. The summed E-state index contributed by atoms with van der Waals surface area (Å²) in [6.07, 6.45) is 0. The molecule has 1 aromatic heterocycles. The molecular formula is C13H16BrN3. The Balaban J connectivity index is 2.50. The Morgan fingerprint density at radius 3 is 2.53 bits per heavy atom. The molecule has 3 nitrogen and oxygen atoms in total. The van der Waals surface area contributed by atoms with Gasteiger partial charge < -0.3 is 9.88 Å². The van der Waals surface area contributed by atoms with Crippen LogP contribution in [-0.4, -0.2) is 16.6 Å². The number of rotatable bonds is 3. The van der Waals surface area contributed by atoms with Crippen molar-refractivity contribution >= 4 is 15.9 Å². The van der Waals surface area contributed by atoms with Gasteiger partial charge in [0.2, 0.25) is 0 Å². The Morgan fingerprint density at radius 1 is 1.29 bits per heavy atom. The van der Waals surface area contributed by atoms with Crippen LogP contribution in [0.25, 0.3) is 11.3 Å². The minimum Gasteiger partial charge on any atom is -0.334 e.